The molecule has 3 heteroatoms. The number of hydrogen-bond donors (Lipinski definition) is 2. The van der Waals surface area contributed by atoms with E-state index >= 15 is 0 Å². The van der Waals surface area contributed by atoms with Gasteiger partial charge in [0.05, 0.1) is 6.04 Å². The Morgan fingerprint density at radius 1 is 1.57 bits per heavy atom. The second kappa shape index (κ2) is 3.33. The Labute approximate surface area is 84.7 Å². The first-order chi connectivity index (χ1) is 6.67. The van der Waals surface area contributed by atoms with Crippen molar-refractivity contribution in [3.63, 3.8) is 0 Å². The first-order valence-corrected chi connectivity index (χ1v) is 5.04. The van der Waals surface area contributed by atoms with Crippen LogP contribution in [0.2, 0.25) is 0 Å². The van der Waals surface area contributed by atoms with Gasteiger partial charge in [0.25, 0.3) is 0 Å². The number of hydrogen-bond acceptors (Lipinski definition) is 3. The Morgan fingerprint density at radius 3 is 2.79 bits per heavy atom. The van der Waals surface area contributed by atoms with Crippen LogP contribution in [-0.4, -0.2) is 4.98 Å². The van der Waals surface area contributed by atoms with Gasteiger partial charge in [-0.3, -0.25) is 16.3 Å². The number of nitrogens with one attached hydrogen (secondary N) is 1. The van der Waals surface area contributed by atoms with Crippen LogP contribution in [0.3, 0.4) is 0 Å². The summed E-state index contributed by atoms with van der Waals surface area (Å²) >= 11 is 0. The van der Waals surface area contributed by atoms with Crippen LogP contribution in [-0.2, 0) is 0 Å². The maximum atomic E-state index is 5.62. The van der Waals surface area contributed by atoms with Gasteiger partial charge < -0.3 is 0 Å². The molecule has 1 aliphatic carbocycles. The van der Waals surface area contributed by atoms with E-state index in [1.54, 1.807) is 0 Å². The molecular weight excluding hydrogens is 174 g/mol. The molecule has 1 unspecified atom stereocenters. The zero-order valence-electron chi connectivity index (χ0n) is 8.75. The molecule has 0 amide bonds. The van der Waals surface area contributed by atoms with Crippen LogP contribution < -0.4 is 11.3 Å². The molecule has 0 spiro atoms. The van der Waals surface area contributed by atoms with Crippen molar-refractivity contribution in [1.82, 2.24) is 10.4 Å². The van der Waals surface area contributed by atoms with Gasteiger partial charge in [-0.2, -0.15) is 0 Å². The Morgan fingerprint density at radius 2 is 2.29 bits per heavy atom. The predicted octanol–water partition coefficient (Wildman–Crippen LogP) is 1.69. The molecule has 2 rings (SSSR count). The van der Waals surface area contributed by atoms with Crippen molar-refractivity contribution in [1.29, 1.82) is 0 Å². The molecule has 0 saturated heterocycles. The molecule has 0 aromatic carbocycles. The zero-order chi connectivity index (χ0) is 10.2. The van der Waals surface area contributed by atoms with Gasteiger partial charge >= 0.3 is 0 Å². The average Bonchev–Trinajstić information content (AvgIpc) is 2.89. The lowest BCUT2D eigenvalue weighted by Crippen LogP contribution is -2.34. The van der Waals surface area contributed by atoms with E-state index in [0.717, 1.165) is 0 Å². The van der Waals surface area contributed by atoms with Crippen LogP contribution in [0.15, 0.2) is 18.5 Å². The molecular formula is C11H17N3. The second-order valence-corrected chi connectivity index (χ2v) is 4.49. The fourth-order valence-corrected chi connectivity index (χ4v) is 1.93. The molecule has 1 aromatic rings. The van der Waals surface area contributed by atoms with Crippen molar-refractivity contribution in [3.8, 4) is 0 Å². The Kier molecular flexibility index (Phi) is 2.29. The summed E-state index contributed by atoms with van der Waals surface area (Å²) in [6.07, 6.45) is 6.23. The third kappa shape index (κ3) is 1.53. The largest absolute Gasteiger partial charge is 0.271 e. The summed E-state index contributed by atoms with van der Waals surface area (Å²) in [4.78, 5) is 4.16. The Bertz CT molecular complexity index is 331. The van der Waals surface area contributed by atoms with Crippen LogP contribution >= 0.6 is 0 Å². The molecule has 0 radical (unpaired) electrons. The molecule has 1 heterocycles. The van der Waals surface area contributed by atoms with Gasteiger partial charge in [-0.1, -0.05) is 6.92 Å². The number of rotatable bonds is 3. The topological polar surface area (TPSA) is 50.9 Å². The lowest BCUT2D eigenvalue weighted by molar-refractivity contribution is 0.370. The summed E-state index contributed by atoms with van der Waals surface area (Å²) in [5.74, 6) is 5.62. The highest BCUT2D eigenvalue weighted by Gasteiger charge is 2.45. The molecule has 1 aliphatic rings. The predicted molar refractivity (Wildman–Crippen MR) is 56.4 cm³/mol. The minimum absolute atomic E-state index is 0.246. The molecule has 1 fully saturated rings. The molecule has 1 aromatic heterocycles. The Balaban J connectivity index is 2.32. The number of pyridine rings is 1. The highest BCUT2D eigenvalue weighted by molar-refractivity contribution is 5.28. The highest BCUT2D eigenvalue weighted by atomic mass is 15.2. The SMILES string of the molecule is Cc1ccncc1C(NN)C1(C)CC1. The van der Waals surface area contributed by atoms with Gasteiger partial charge in [0.1, 0.15) is 0 Å². The molecule has 0 bridgehead atoms. The van der Waals surface area contributed by atoms with E-state index in [2.05, 4.69) is 24.3 Å². The quantitative estimate of drug-likeness (QED) is 0.564. The van der Waals surface area contributed by atoms with Crippen LogP contribution in [0.4, 0.5) is 0 Å². The van der Waals surface area contributed by atoms with Gasteiger partial charge in [0, 0.05) is 12.4 Å². The van der Waals surface area contributed by atoms with Gasteiger partial charge in [0.15, 0.2) is 0 Å². The van der Waals surface area contributed by atoms with Crippen molar-refractivity contribution in [3.05, 3.63) is 29.6 Å². The fourth-order valence-electron chi connectivity index (χ4n) is 1.93. The average molecular weight is 191 g/mol. The normalized spacial score (nSPS) is 20.5. The lowest BCUT2D eigenvalue weighted by atomic mass is 9.91. The maximum Gasteiger partial charge on any atom is 0.0531 e. The maximum absolute atomic E-state index is 5.62. The standard InChI is InChI=1S/C11H17N3/c1-8-3-6-13-7-9(8)10(14-12)11(2)4-5-11/h3,6-7,10,14H,4-5,12H2,1-2H3. The summed E-state index contributed by atoms with van der Waals surface area (Å²) in [6.45, 7) is 4.37. The van der Waals surface area contributed by atoms with Crippen molar-refractivity contribution in [2.24, 2.45) is 11.3 Å². The van der Waals surface area contributed by atoms with Crippen molar-refractivity contribution in [2.75, 3.05) is 0 Å². The minimum Gasteiger partial charge on any atom is -0.271 e. The molecule has 76 valence electrons. The van der Waals surface area contributed by atoms with Crippen molar-refractivity contribution in [2.45, 2.75) is 32.7 Å². The number of aryl methyl sites for hydroxylation is 1. The van der Waals surface area contributed by atoms with Gasteiger partial charge in [-0.05, 0) is 42.4 Å². The van der Waals surface area contributed by atoms with Crippen molar-refractivity contribution < 1.29 is 0 Å². The second-order valence-electron chi connectivity index (χ2n) is 4.49. The number of nitrogens with zero attached hydrogens (tertiary/aromatic N) is 1. The molecule has 3 N–H and O–H groups in total. The summed E-state index contributed by atoms with van der Waals surface area (Å²) < 4.78 is 0. The lowest BCUT2D eigenvalue weighted by Gasteiger charge is -2.24. The first-order valence-electron chi connectivity index (χ1n) is 5.04. The van der Waals surface area contributed by atoms with E-state index in [4.69, 9.17) is 5.84 Å². The first kappa shape index (κ1) is 9.62. The smallest absolute Gasteiger partial charge is 0.0531 e. The third-order valence-corrected chi connectivity index (χ3v) is 3.29. The third-order valence-electron chi connectivity index (χ3n) is 3.29. The number of nitrogens with two attached hydrogens (primary N) is 1. The van der Waals surface area contributed by atoms with E-state index in [-0.39, 0.29) is 6.04 Å². The molecule has 1 saturated carbocycles. The summed E-state index contributed by atoms with van der Waals surface area (Å²) in [5.41, 5.74) is 5.75. The van der Waals surface area contributed by atoms with Gasteiger partial charge in [-0.15, -0.1) is 0 Å². The molecule has 1 atom stereocenters. The van der Waals surface area contributed by atoms with E-state index < -0.39 is 0 Å². The zero-order valence-corrected chi connectivity index (χ0v) is 8.75. The van der Waals surface area contributed by atoms with Gasteiger partial charge in [-0.25, -0.2) is 0 Å². The molecule has 14 heavy (non-hydrogen) atoms. The van der Waals surface area contributed by atoms with Crippen molar-refractivity contribution >= 4 is 0 Å². The van der Waals surface area contributed by atoms with Gasteiger partial charge in [0.2, 0.25) is 0 Å². The fraction of sp³-hybridized carbons (Fsp3) is 0.545. The highest BCUT2D eigenvalue weighted by Crippen LogP contribution is 2.54. The van der Waals surface area contributed by atoms with E-state index in [9.17, 15) is 0 Å². The summed E-state index contributed by atoms with van der Waals surface area (Å²) in [7, 11) is 0. The number of aromatic nitrogens is 1. The van der Waals surface area contributed by atoms with Crippen LogP contribution in [0.25, 0.3) is 0 Å². The van der Waals surface area contributed by atoms with E-state index in [0.29, 0.717) is 5.41 Å². The van der Waals surface area contributed by atoms with E-state index in [1.165, 1.54) is 24.0 Å². The van der Waals surface area contributed by atoms with E-state index in [1.807, 2.05) is 18.5 Å². The van der Waals surface area contributed by atoms with Crippen LogP contribution in [0, 0.1) is 12.3 Å². The minimum atomic E-state index is 0.246. The summed E-state index contributed by atoms with van der Waals surface area (Å²) in [6, 6.07) is 2.28. The Hall–Kier alpha value is -0.930. The summed E-state index contributed by atoms with van der Waals surface area (Å²) in [5, 5.41) is 0. The van der Waals surface area contributed by atoms with Crippen LogP contribution in [0.1, 0.15) is 36.9 Å². The molecule has 0 aliphatic heterocycles. The number of hydrazine groups is 1. The molecule has 3 nitrogen and oxygen atoms in total. The monoisotopic (exact) mass is 191 g/mol. The van der Waals surface area contributed by atoms with Crippen LogP contribution in [0.5, 0.6) is 0 Å².